The van der Waals surface area contributed by atoms with Gasteiger partial charge in [-0.3, -0.25) is 9.59 Å². The molecule has 2 heterocycles. The van der Waals surface area contributed by atoms with Crippen LogP contribution in [0.5, 0.6) is 0 Å². The van der Waals surface area contributed by atoms with Crippen LogP contribution in [0.25, 0.3) is 10.9 Å². The topological polar surface area (TPSA) is 51.5 Å². The maximum atomic E-state index is 13.5. The van der Waals surface area contributed by atoms with Crippen LogP contribution in [0, 0.1) is 0 Å². The van der Waals surface area contributed by atoms with Crippen LogP contribution in [0.4, 0.5) is 0 Å². The molecule has 0 saturated carbocycles. The van der Waals surface area contributed by atoms with E-state index >= 15 is 0 Å². The summed E-state index contributed by atoms with van der Waals surface area (Å²) in [5, 5.41) is 1.15. The van der Waals surface area contributed by atoms with Gasteiger partial charge < -0.3 is 14.2 Å². The van der Waals surface area contributed by atoms with Crippen molar-refractivity contribution >= 4 is 22.5 Å². The van der Waals surface area contributed by atoms with E-state index in [0.29, 0.717) is 25.5 Å². The van der Waals surface area contributed by atoms with Crippen molar-refractivity contribution in [2.75, 3.05) is 20.3 Å². The van der Waals surface area contributed by atoms with Crippen molar-refractivity contribution in [3.8, 4) is 0 Å². The maximum Gasteiger partial charge on any atom is 0.161 e. The van der Waals surface area contributed by atoms with Crippen LogP contribution >= 0.6 is 0 Å². The van der Waals surface area contributed by atoms with Crippen molar-refractivity contribution < 1.29 is 14.3 Å². The Morgan fingerprint density at radius 2 is 1.61 bits per heavy atom. The van der Waals surface area contributed by atoms with E-state index < -0.39 is 0 Å². The molecule has 33 heavy (non-hydrogen) atoms. The van der Waals surface area contributed by atoms with Crippen LogP contribution < -0.4 is 0 Å². The van der Waals surface area contributed by atoms with E-state index in [4.69, 9.17) is 4.74 Å². The van der Waals surface area contributed by atoms with Gasteiger partial charge in [0.05, 0.1) is 0 Å². The van der Waals surface area contributed by atoms with Crippen molar-refractivity contribution in [1.29, 1.82) is 0 Å². The second kappa shape index (κ2) is 8.94. The van der Waals surface area contributed by atoms with E-state index in [1.54, 1.807) is 7.11 Å². The first-order valence-electron chi connectivity index (χ1n) is 12.4. The van der Waals surface area contributed by atoms with Gasteiger partial charge >= 0.3 is 0 Å². The van der Waals surface area contributed by atoms with Gasteiger partial charge in [-0.25, -0.2) is 0 Å². The average Bonchev–Trinajstić information content (AvgIpc) is 3.19. The number of hydrogen-bond donors (Lipinski definition) is 0. The number of aromatic nitrogens is 1. The number of nitrogens with zero attached hydrogens (tertiary/aromatic N) is 2. The molecule has 2 aromatic rings. The summed E-state index contributed by atoms with van der Waals surface area (Å²) in [4.78, 5) is 29.3. The van der Waals surface area contributed by atoms with Crippen molar-refractivity contribution in [3.63, 3.8) is 0 Å². The number of ketones is 2. The van der Waals surface area contributed by atoms with Gasteiger partial charge in [0.1, 0.15) is 0 Å². The Bertz CT molecular complexity index is 1120. The number of ether oxygens (including phenoxy) is 1. The van der Waals surface area contributed by atoms with E-state index in [1.807, 2.05) is 0 Å². The predicted octanol–water partition coefficient (Wildman–Crippen LogP) is 5.67. The molecule has 0 fully saturated rings. The number of rotatable bonds is 6. The second-order valence-corrected chi connectivity index (χ2v) is 9.81. The lowest BCUT2D eigenvalue weighted by atomic mass is 9.71. The van der Waals surface area contributed by atoms with Crippen LogP contribution in [-0.2, 0) is 14.3 Å². The lowest BCUT2D eigenvalue weighted by molar-refractivity contribution is -0.117. The maximum absolute atomic E-state index is 13.5. The molecule has 0 unspecified atom stereocenters. The zero-order chi connectivity index (χ0) is 23.1. The Morgan fingerprint density at radius 1 is 0.970 bits per heavy atom. The molecular weight excluding hydrogens is 412 g/mol. The Balaban J connectivity index is 1.75. The molecule has 3 aliphatic rings. The number of benzene rings is 1. The highest BCUT2D eigenvalue weighted by molar-refractivity contribution is 6.07. The Kier molecular flexibility index (Phi) is 6.00. The lowest BCUT2D eigenvalue weighted by Crippen LogP contribution is -2.39. The van der Waals surface area contributed by atoms with E-state index in [9.17, 15) is 9.59 Å². The minimum atomic E-state index is -0.251. The molecule has 1 aromatic carbocycles. The van der Waals surface area contributed by atoms with Crippen molar-refractivity contribution in [1.82, 2.24) is 9.47 Å². The summed E-state index contributed by atoms with van der Waals surface area (Å²) >= 11 is 0. The SMILES string of the molecule is COCCCN1C2=C(C(=O)CCC2)C(c2cn(C(C)C)c3ccccc23)C2=C1CCCC2=O. The summed E-state index contributed by atoms with van der Waals surface area (Å²) in [6.07, 6.45) is 7.80. The lowest BCUT2D eigenvalue weighted by Gasteiger charge is -2.44. The molecule has 0 saturated heterocycles. The standard InChI is InChI=1S/C28H34N2O3/c1-18(2)30-17-20(19-9-4-5-10-21(19)30)26-27-22(11-6-13-24(27)31)29(15-8-16-33-3)23-12-7-14-25(32)28(23)26/h4-5,9-10,17-18,26H,6-8,11-16H2,1-3H3. The highest BCUT2D eigenvalue weighted by atomic mass is 16.5. The molecule has 0 N–H and O–H groups in total. The third kappa shape index (κ3) is 3.67. The zero-order valence-electron chi connectivity index (χ0n) is 20.0. The minimum Gasteiger partial charge on any atom is -0.385 e. The summed E-state index contributed by atoms with van der Waals surface area (Å²) < 4.78 is 7.60. The van der Waals surface area contributed by atoms with Gasteiger partial charge in [0, 0.05) is 84.7 Å². The van der Waals surface area contributed by atoms with Gasteiger partial charge in [-0.15, -0.1) is 0 Å². The average molecular weight is 447 g/mol. The first-order chi connectivity index (χ1) is 16.0. The molecule has 1 aliphatic heterocycles. The van der Waals surface area contributed by atoms with Gasteiger partial charge in [0.15, 0.2) is 11.6 Å². The monoisotopic (exact) mass is 446 g/mol. The molecule has 5 heteroatoms. The van der Waals surface area contributed by atoms with E-state index in [1.165, 1.54) is 5.52 Å². The van der Waals surface area contributed by atoms with Gasteiger partial charge in [-0.2, -0.15) is 0 Å². The number of fused-ring (bicyclic) bond motifs is 1. The van der Waals surface area contributed by atoms with Gasteiger partial charge in [-0.05, 0) is 57.6 Å². The van der Waals surface area contributed by atoms with E-state index in [2.05, 4.69) is 53.8 Å². The number of carbonyl (C=O) groups is 2. The fourth-order valence-electron chi connectivity index (χ4n) is 6.05. The zero-order valence-corrected chi connectivity index (χ0v) is 20.0. The van der Waals surface area contributed by atoms with Crippen molar-refractivity contribution in [2.24, 2.45) is 0 Å². The third-order valence-electron chi connectivity index (χ3n) is 7.46. The molecule has 5 rings (SSSR count). The molecule has 0 radical (unpaired) electrons. The number of Topliss-reactive ketones (excluding diaryl/α,β-unsaturated/α-hetero) is 2. The number of carbonyl (C=O) groups excluding carboxylic acids is 2. The largest absolute Gasteiger partial charge is 0.385 e. The Labute approximate surface area is 196 Å². The Morgan fingerprint density at radius 3 is 2.21 bits per heavy atom. The van der Waals surface area contributed by atoms with E-state index in [0.717, 1.165) is 72.1 Å². The molecule has 0 amide bonds. The second-order valence-electron chi connectivity index (χ2n) is 9.81. The van der Waals surface area contributed by atoms with E-state index in [-0.39, 0.29) is 17.5 Å². The predicted molar refractivity (Wildman–Crippen MR) is 130 cm³/mol. The first-order valence-corrected chi connectivity index (χ1v) is 12.4. The smallest absolute Gasteiger partial charge is 0.161 e. The minimum absolute atomic E-state index is 0.212. The molecule has 0 atom stereocenters. The van der Waals surface area contributed by atoms with Crippen LogP contribution in [0.3, 0.4) is 0 Å². The fourth-order valence-corrected chi connectivity index (χ4v) is 6.05. The summed E-state index contributed by atoms with van der Waals surface area (Å²) in [7, 11) is 1.72. The molecule has 2 aliphatic carbocycles. The molecule has 0 bridgehead atoms. The van der Waals surface area contributed by atoms with Crippen LogP contribution in [0.15, 0.2) is 53.0 Å². The Hall–Kier alpha value is -2.66. The number of methoxy groups -OCH3 is 1. The van der Waals surface area contributed by atoms with Gasteiger partial charge in [0.2, 0.25) is 0 Å². The summed E-state index contributed by atoms with van der Waals surface area (Å²) in [5.41, 5.74) is 6.34. The normalized spacial score (nSPS) is 19.7. The number of hydrogen-bond acceptors (Lipinski definition) is 4. The molecule has 0 spiro atoms. The van der Waals surface area contributed by atoms with Gasteiger partial charge in [-0.1, -0.05) is 18.2 Å². The highest BCUT2D eigenvalue weighted by Crippen LogP contribution is 2.50. The fraction of sp³-hybridized carbons (Fsp3) is 0.500. The quantitative estimate of drug-likeness (QED) is 0.536. The van der Waals surface area contributed by atoms with Crippen molar-refractivity contribution in [3.05, 3.63) is 58.6 Å². The molecule has 1 aromatic heterocycles. The van der Waals surface area contributed by atoms with Crippen LogP contribution in [0.1, 0.15) is 76.3 Å². The van der Waals surface area contributed by atoms with Crippen LogP contribution in [0.2, 0.25) is 0 Å². The summed E-state index contributed by atoms with van der Waals surface area (Å²) in [6.45, 7) is 5.84. The molecular formula is C28H34N2O3. The number of para-hydroxylation sites is 1. The number of allylic oxidation sites excluding steroid dienone is 4. The molecule has 174 valence electrons. The van der Waals surface area contributed by atoms with Crippen molar-refractivity contribution in [2.45, 2.75) is 70.8 Å². The highest BCUT2D eigenvalue weighted by Gasteiger charge is 2.44. The summed E-state index contributed by atoms with van der Waals surface area (Å²) in [6, 6.07) is 8.72. The molecule has 5 nitrogen and oxygen atoms in total. The van der Waals surface area contributed by atoms with Gasteiger partial charge in [0.25, 0.3) is 0 Å². The third-order valence-corrected chi connectivity index (χ3v) is 7.46. The first kappa shape index (κ1) is 22.1. The van der Waals surface area contributed by atoms with Crippen LogP contribution in [-0.4, -0.2) is 41.3 Å². The summed E-state index contributed by atoms with van der Waals surface area (Å²) in [5.74, 6) is 0.174.